The van der Waals surface area contributed by atoms with Gasteiger partial charge < -0.3 is 10.1 Å². The molecule has 1 unspecified atom stereocenters. The quantitative estimate of drug-likeness (QED) is 0.771. The molecule has 2 nitrogen and oxygen atoms in total. The van der Waals surface area contributed by atoms with E-state index in [1.807, 2.05) is 35.8 Å². The van der Waals surface area contributed by atoms with Crippen LogP contribution in [0.5, 0.6) is 0 Å². The Hall–Kier alpha value is -1.06. The van der Waals surface area contributed by atoms with E-state index in [-0.39, 0.29) is 6.10 Å². The van der Waals surface area contributed by atoms with E-state index in [2.05, 4.69) is 4.98 Å². The van der Waals surface area contributed by atoms with Crippen LogP contribution in [0, 0.1) is 0 Å². The van der Waals surface area contributed by atoms with Crippen LogP contribution in [0.3, 0.4) is 0 Å². The molecule has 2 heterocycles. The minimum absolute atomic E-state index is 0.376. The number of aromatic amines is 1. The van der Waals surface area contributed by atoms with Crippen LogP contribution in [-0.4, -0.2) is 10.1 Å². The molecule has 0 aliphatic rings. The Morgan fingerprint density at radius 1 is 1.38 bits per heavy atom. The molecule has 2 aromatic rings. The summed E-state index contributed by atoms with van der Waals surface area (Å²) in [5.74, 6) is 0. The van der Waals surface area contributed by atoms with Crippen molar-refractivity contribution in [1.82, 2.24) is 4.98 Å². The monoisotopic (exact) mass is 193 g/mol. The van der Waals surface area contributed by atoms with Crippen molar-refractivity contribution in [3.05, 3.63) is 46.4 Å². The second-order valence-corrected chi connectivity index (χ2v) is 3.91. The zero-order valence-corrected chi connectivity index (χ0v) is 7.92. The number of aliphatic hydroxyl groups excluding tert-OH is 1. The van der Waals surface area contributed by atoms with Crippen LogP contribution >= 0.6 is 11.3 Å². The van der Waals surface area contributed by atoms with Crippen LogP contribution < -0.4 is 0 Å². The summed E-state index contributed by atoms with van der Waals surface area (Å²) in [7, 11) is 0. The summed E-state index contributed by atoms with van der Waals surface area (Å²) in [5, 5.41) is 11.8. The van der Waals surface area contributed by atoms with Gasteiger partial charge in [-0.25, -0.2) is 0 Å². The van der Waals surface area contributed by atoms with E-state index in [0.717, 1.165) is 10.6 Å². The minimum Gasteiger partial charge on any atom is -0.387 e. The number of aliphatic hydroxyl groups is 1. The summed E-state index contributed by atoms with van der Waals surface area (Å²) < 4.78 is 0. The third kappa shape index (κ3) is 1.99. The van der Waals surface area contributed by atoms with Crippen LogP contribution in [0.1, 0.15) is 16.7 Å². The summed E-state index contributed by atoms with van der Waals surface area (Å²) in [6.45, 7) is 0. The molecule has 2 N–H and O–H groups in total. The highest BCUT2D eigenvalue weighted by Gasteiger charge is 2.09. The lowest BCUT2D eigenvalue weighted by molar-refractivity contribution is 0.181. The maximum atomic E-state index is 9.77. The highest BCUT2D eigenvalue weighted by Crippen LogP contribution is 2.21. The van der Waals surface area contributed by atoms with Crippen LogP contribution in [0.2, 0.25) is 0 Å². The van der Waals surface area contributed by atoms with Gasteiger partial charge in [0.05, 0.1) is 6.10 Å². The van der Waals surface area contributed by atoms with Gasteiger partial charge in [-0.15, -0.1) is 11.3 Å². The number of hydrogen-bond acceptors (Lipinski definition) is 2. The molecule has 1 atom stereocenters. The predicted molar refractivity (Wildman–Crippen MR) is 53.8 cm³/mol. The lowest BCUT2D eigenvalue weighted by Crippen LogP contribution is -1.99. The van der Waals surface area contributed by atoms with Gasteiger partial charge in [0.25, 0.3) is 0 Å². The molecule has 0 spiro atoms. The van der Waals surface area contributed by atoms with E-state index < -0.39 is 0 Å². The third-order valence-electron chi connectivity index (χ3n) is 1.95. The maximum Gasteiger partial charge on any atom is 0.0936 e. The lowest BCUT2D eigenvalue weighted by atomic mass is 10.2. The Bertz CT molecular complexity index is 339. The number of aromatic nitrogens is 1. The molecule has 13 heavy (non-hydrogen) atoms. The van der Waals surface area contributed by atoms with Crippen LogP contribution in [0.25, 0.3) is 0 Å². The molecule has 0 saturated carbocycles. The van der Waals surface area contributed by atoms with Gasteiger partial charge >= 0.3 is 0 Å². The second-order valence-electron chi connectivity index (χ2n) is 2.93. The molecular weight excluding hydrogens is 182 g/mol. The number of rotatable bonds is 3. The van der Waals surface area contributed by atoms with Gasteiger partial charge in [0.2, 0.25) is 0 Å². The van der Waals surface area contributed by atoms with Crippen LogP contribution in [0.4, 0.5) is 0 Å². The number of H-pyrrole nitrogens is 1. The second kappa shape index (κ2) is 3.77. The lowest BCUT2D eigenvalue weighted by Gasteiger charge is -2.05. The van der Waals surface area contributed by atoms with Crippen LogP contribution in [0.15, 0.2) is 35.8 Å². The summed E-state index contributed by atoms with van der Waals surface area (Å²) in [4.78, 5) is 4.10. The summed E-state index contributed by atoms with van der Waals surface area (Å²) in [6.07, 6.45) is 2.16. The molecule has 2 aromatic heterocycles. The maximum absolute atomic E-state index is 9.77. The molecule has 0 saturated heterocycles. The molecule has 3 heteroatoms. The average molecular weight is 193 g/mol. The first kappa shape index (κ1) is 8.53. The zero-order chi connectivity index (χ0) is 9.10. The highest BCUT2D eigenvalue weighted by atomic mass is 32.1. The van der Waals surface area contributed by atoms with Crippen LogP contribution in [-0.2, 0) is 6.42 Å². The van der Waals surface area contributed by atoms with Gasteiger partial charge in [-0.1, -0.05) is 6.07 Å². The molecule has 0 bridgehead atoms. The SMILES string of the molecule is OC(Cc1ccc[nH]1)c1cccs1. The molecule has 0 radical (unpaired) electrons. The molecule has 0 aromatic carbocycles. The fourth-order valence-corrected chi connectivity index (χ4v) is 2.00. The summed E-state index contributed by atoms with van der Waals surface area (Å²) >= 11 is 1.59. The standard InChI is InChI=1S/C10H11NOS/c12-9(10-4-2-6-13-10)7-8-3-1-5-11-8/h1-6,9,11-12H,7H2. The summed E-state index contributed by atoms with van der Waals surface area (Å²) in [5.41, 5.74) is 1.07. The number of nitrogens with one attached hydrogen (secondary N) is 1. The third-order valence-corrected chi connectivity index (χ3v) is 2.92. The van der Waals surface area contributed by atoms with Gasteiger partial charge in [-0.05, 0) is 23.6 Å². The smallest absolute Gasteiger partial charge is 0.0936 e. The molecule has 0 fully saturated rings. The fourth-order valence-electron chi connectivity index (χ4n) is 1.28. The highest BCUT2D eigenvalue weighted by molar-refractivity contribution is 7.10. The van der Waals surface area contributed by atoms with Crippen molar-refractivity contribution in [1.29, 1.82) is 0 Å². The Morgan fingerprint density at radius 2 is 2.31 bits per heavy atom. The fraction of sp³-hybridized carbons (Fsp3) is 0.200. The normalized spacial score (nSPS) is 13.0. The molecular formula is C10H11NOS. The largest absolute Gasteiger partial charge is 0.387 e. The van der Waals surface area contributed by atoms with Crippen molar-refractivity contribution < 1.29 is 5.11 Å². The first-order chi connectivity index (χ1) is 6.36. The minimum atomic E-state index is -0.376. The van der Waals surface area contributed by atoms with E-state index >= 15 is 0 Å². The van der Waals surface area contributed by atoms with Gasteiger partial charge in [0.1, 0.15) is 0 Å². The van der Waals surface area contributed by atoms with Gasteiger partial charge in [-0.3, -0.25) is 0 Å². The van der Waals surface area contributed by atoms with Gasteiger partial charge in [-0.2, -0.15) is 0 Å². The zero-order valence-electron chi connectivity index (χ0n) is 7.10. The Labute approximate surface area is 80.9 Å². The van der Waals surface area contributed by atoms with Gasteiger partial charge in [0.15, 0.2) is 0 Å². The van der Waals surface area contributed by atoms with Crippen molar-refractivity contribution in [2.75, 3.05) is 0 Å². The molecule has 68 valence electrons. The van der Waals surface area contributed by atoms with Crippen molar-refractivity contribution >= 4 is 11.3 Å². The first-order valence-corrected chi connectivity index (χ1v) is 5.08. The van der Waals surface area contributed by atoms with E-state index in [9.17, 15) is 5.11 Å². The Morgan fingerprint density at radius 3 is 2.92 bits per heavy atom. The molecule has 2 rings (SSSR count). The topological polar surface area (TPSA) is 36.0 Å². The number of hydrogen-bond donors (Lipinski definition) is 2. The number of thiophene rings is 1. The van der Waals surface area contributed by atoms with Gasteiger partial charge in [0, 0.05) is 23.2 Å². The van der Waals surface area contributed by atoms with E-state index in [4.69, 9.17) is 0 Å². The van der Waals surface area contributed by atoms with E-state index in [0.29, 0.717) is 6.42 Å². The van der Waals surface area contributed by atoms with Crippen molar-refractivity contribution in [3.63, 3.8) is 0 Å². The predicted octanol–water partition coefficient (Wildman–Crippen LogP) is 2.35. The van der Waals surface area contributed by atoms with Crippen molar-refractivity contribution in [3.8, 4) is 0 Å². The van der Waals surface area contributed by atoms with E-state index in [1.165, 1.54) is 0 Å². The summed E-state index contributed by atoms with van der Waals surface area (Å²) in [6, 6.07) is 7.84. The average Bonchev–Trinajstić information content (AvgIpc) is 2.74. The van der Waals surface area contributed by atoms with E-state index in [1.54, 1.807) is 11.3 Å². The molecule has 0 amide bonds. The Kier molecular flexibility index (Phi) is 2.47. The van der Waals surface area contributed by atoms with Crippen molar-refractivity contribution in [2.24, 2.45) is 0 Å². The molecule has 0 aliphatic carbocycles. The first-order valence-electron chi connectivity index (χ1n) is 4.20. The van der Waals surface area contributed by atoms with Crippen molar-refractivity contribution in [2.45, 2.75) is 12.5 Å². The Balaban J connectivity index is 2.04. The molecule has 0 aliphatic heterocycles.